The van der Waals surface area contributed by atoms with E-state index in [4.69, 9.17) is 0 Å². The maximum absolute atomic E-state index is 15.4. The number of hydrogen-bond donors (Lipinski definition) is 0. The molecule has 7 fully saturated rings. The van der Waals surface area contributed by atoms with Crippen molar-refractivity contribution in [3.63, 3.8) is 0 Å². The first kappa shape index (κ1) is 29.0. The van der Waals surface area contributed by atoms with Gasteiger partial charge in [-0.15, -0.1) is 0 Å². The van der Waals surface area contributed by atoms with E-state index in [0.29, 0.717) is 78.0 Å². The summed E-state index contributed by atoms with van der Waals surface area (Å²) < 4.78 is 15.4. The van der Waals surface area contributed by atoms with Crippen molar-refractivity contribution in [3.05, 3.63) is 34.9 Å². The molecule has 0 heterocycles. The van der Waals surface area contributed by atoms with Gasteiger partial charge in [-0.05, 0) is 117 Å². The fourth-order valence-corrected chi connectivity index (χ4v) is 13.8. The Morgan fingerprint density at radius 2 is 1.27 bits per heavy atom. The molecule has 14 atom stereocenters. The molecule has 0 saturated heterocycles. The van der Waals surface area contributed by atoms with Crippen LogP contribution in [0.3, 0.4) is 0 Å². The summed E-state index contributed by atoms with van der Waals surface area (Å²) in [4.78, 5) is 49.0. The summed E-state index contributed by atoms with van der Waals surface area (Å²) in [5.41, 5.74) is 3.60. The molecule has 10 aliphatic rings. The molecule has 0 amide bonds. The fraction of sp³-hybridized carbons (Fsp3) is 0.750. The summed E-state index contributed by atoms with van der Waals surface area (Å²) in [7, 11) is 0. The van der Waals surface area contributed by atoms with Crippen LogP contribution >= 0.6 is 0 Å². The van der Waals surface area contributed by atoms with Gasteiger partial charge in [-0.3, -0.25) is 19.2 Å². The van der Waals surface area contributed by atoms with Gasteiger partial charge in [-0.25, -0.2) is 4.39 Å². The number of carbonyl (C=O) groups is 4. The molecule has 5 unspecified atom stereocenters. The fourth-order valence-electron chi connectivity index (χ4n) is 13.8. The second kappa shape index (κ2) is 9.04. The number of rotatable bonds is 0. The van der Waals surface area contributed by atoms with Crippen molar-refractivity contribution in [2.45, 2.75) is 111 Å². The van der Waals surface area contributed by atoms with Crippen LogP contribution in [0.5, 0.6) is 0 Å². The zero-order chi connectivity index (χ0) is 31.4. The van der Waals surface area contributed by atoms with Crippen molar-refractivity contribution >= 4 is 23.1 Å². The molecule has 5 heteroatoms. The van der Waals surface area contributed by atoms with Crippen LogP contribution < -0.4 is 0 Å². The molecular formula is C40H49FO4. The summed E-state index contributed by atoms with van der Waals surface area (Å²) in [6.07, 6.45) is 16.0. The van der Waals surface area contributed by atoms with Crippen LogP contribution in [0, 0.1) is 74.9 Å². The number of allylic oxidation sites excluding steroid dienone is 5. The Hall–Kier alpha value is -2.17. The Morgan fingerprint density at radius 3 is 2.00 bits per heavy atom. The maximum Gasteiger partial charge on any atom is 0.155 e. The monoisotopic (exact) mass is 612 g/mol. The highest BCUT2D eigenvalue weighted by molar-refractivity contribution is 5.94. The maximum atomic E-state index is 15.4. The van der Waals surface area contributed by atoms with Gasteiger partial charge in [-0.2, -0.15) is 0 Å². The Balaban J connectivity index is 0.000000125. The van der Waals surface area contributed by atoms with E-state index < -0.39 is 11.6 Å². The molecule has 0 aromatic rings. The lowest BCUT2D eigenvalue weighted by Gasteiger charge is -2.58. The first-order valence-corrected chi connectivity index (χ1v) is 18.2. The van der Waals surface area contributed by atoms with E-state index in [0.717, 1.165) is 57.8 Å². The van der Waals surface area contributed by atoms with E-state index in [1.165, 1.54) is 11.1 Å². The minimum absolute atomic E-state index is 0.0147. The Bertz CT molecular complexity index is 1550. The molecule has 7 saturated carbocycles. The third-order valence-electron chi connectivity index (χ3n) is 16.1. The van der Waals surface area contributed by atoms with Crippen molar-refractivity contribution < 1.29 is 23.6 Å². The highest BCUT2D eigenvalue weighted by Crippen LogP contribution is 2.73. The van der Waals surface area contributed by atoms with Crippen LogP contribution in [0.2, 0.25) is 0 Å². The van der Waals surface area contributed by atoms with Crippen molar-refractivity contribution in [1.29, 1.82) is 0 Å². The molecule has 0 N–H and O–H groups in total. The van der Waals surface area contributed by atoms with Gasteiger partial charge in [0.15, 0.2) is 11.6 Å². The lowest BCUT2D eigenvalue weighted by Crippen LogP contribution is -2.56. The smallest absolute Gasteiger partial charge is 0.155 e. The first-order chi connectivity index (χ1) is 21.3. The number of Topliss-reactive ketones (excluding diaryl/α,β-unsaturated/α-hetero) is 2. The predicted octanol–water partition coefficient (Wildman–Crippen LogP) is 7.75. The number of fused-ring (bicyclic) bond motifs is 14. The molecule has 10 aliphatic carbocycles. The van der Waals surface area contributed by atoms with E-state index in [2.05, 4.69) is 26.8 Å². The van der Waals surface area contributed by atoms with Crippen molar-refractivity contribution in [2.75, 3.05) is 0 Å². The van der Waals surface area contributed by atoms with Gasteiger partial charge in [0.25, 0.3) is 0 Å². The first-order valence-electron chi connectivity index (χ1n) is 18.2. The molecule has 4 nitrogen and oxygen atoms in total. The topological polar surface area (TPSA) is 68.3 Å². The van der Waals surface area contributed by atoms with Gasteiger partial charge in [0.05, 0.1) is 0 Å². The van der Waals surface area contributed by atoms with E-state index in [1.54, 1.807) is 5.57 Å². The van der Waals surface area contributed by atoms with Crippen LogP contribution in [0.25, 0.3) is 0 Å². The van der Waals surface area contributed by atoms with Gasteiger partial charge in [0.1, 0.15) is 17.7 Å². The average Bonchev–Trinajstić information content (AvgIpc) is 3.91. The largest absolute Gasteiger partial charge is 0.299 e. The number of hydrogen-bond acceptors (Lipinski definition) is 4. The summed E-state index contributed by atoms with van der Waals surface area (Å²) >= 11 is 0. The molecule has 0 aliphatic heterocycles. The molecule has 0 aromatic carbocycles. The van der Waals surface area contributed by atoms with E-state index in [9.17, 15) is 19.2 Å². The predicted molar refractivity (Wildman–Crippen MR) is 168 cm³/mol. The van der Waals surface area contributed by atoms with E-state index in [1.807, 2.05) is 19.1 Å². The Morgan fingerprint density at radius 1 is 0.644 bits per heavy atom. The van der Waals surface area contributed by atoms with Gasteiger partial charge < -0.3 is 0 Å². The zero-order valence-corrected chi connectivity index (χ0v) is 27.5. The molecule has 0 spiro atoms. The number of alkyl halides is 1. The number of carbonyl (C=O) groups excluding carboxylic acids is 4. The average molecular weight is 613 g/mol. The molecule has 0 aromatic heterocycles. The molecule has 0 bridgehead atoms. The summed E-state index contributed by atoms with van der Waals surface area (Å²) in [6.45, 7) is 8.83. The second-order valence-corrected chi connectivity index (χ2v) is 18.1. The summed E-state index contributed by atoms with van der Waals surface area (Å²) in [5.74, 6) is 5.20. The summed E-state index contributed by atoms with van der Waals surface area (Å²) in [6, 6.07) is 0. The molecule has 10 rings (SSSR count). The minimum atomic E-state index is -0.899. The van der Waals surface area contributed by atoms with E-state index in [-0.39, 0.29) is 33.9 Å². The van der Waals surface area contributed by atoms with Crippen LogP contribution in [0.15, 0.2) is 34.9 Å². The van der Waals surface area contributed by atoms with Crippen LogP contribution in [-0.2, 0) is 19.2 Å². The lowest BCUT2D eigenvalue weighted by atomic mass is 9.46. The van der Waals surface area contributed by atoms with Gasteiger partial charge >= 0.3 is 0 Å². The van der Waals surface area contributed by atoms with Gasteiger partial charge in [-0.1, -0.05) is 50.5 Å². The molecule has 45 heavy (non-hydrogen) atoms. The number of halogens is 1. The Labute approximate surface area is 267 Å². The third kappa shape index (κ3) is 3.65. The minimum Gasteiger partial charge on any atom is -0.299 e. The van der Waals surface area contributed by atoms with Crippen molar-refractivity contribution in [3.8, 4) is 0 Å². The van der Waals surface area contributed by atoms with Crippen molar-refractivity contribution in [2.24, 2.45) is 74.9 Å². The molecular weight excluding hydrogens is 563 g/mol. The number of ketones is 4. The third-order valence-corrected chi connectivity index (χ3v) is 16.1. The van der Waals surface area contributed by atoms with Crippen LogP contribution in [0.4, 0.5) is 4.39 Å². The quantitative estimate of drug-likeness (QED) is 0.262. The normalized spacial score (nSPS) is 54.6. The molecule has 240 valence electrons. The Kier molecular flexibility index (Phi) is 5.83. The van der Waals surface area contributed by atoms with Crippen LogP contribution in [-0.4, -0.2) is 29.3 Å². The second-order valence-electron chi connectivity index (χ2n) is 18.1. The van der Waals surface area contributed by atoms with Crippen molar-refractivity contribution in [1.82, 2.24) is 0 Å². The SMILES string of the molecule is C[C@]12CCC(=O)C=C1CCC1C2=CC[C@]2(C)C(=O)[C@H]3C[C@H]3C12.C[C@]12CCC(=O)C=C1CCC1C2[C@@H](F)C[C@]2(C)C(=O)[C@H]3C[C@H]3C12. The lowest BCUT2D eigenvalue weighted by molar-refractivity contribution is -0.143. The van der Waals surface area contributed by atoms with E-state index >= 15 is 4.39 Å². The highest BCUT2D eigenvalue weighted by atomic mass is 19.1. The highest BCUT2D eigenvalue weighted by Gasteiger charge is 2.72. The molecule has 0 radical (unpaired) electrons. The zero-order valence-electron chi connectivity index (χ0n) is 27.5. The standard InChI is InChI=1S/C20H25FO2.C20H24O2/c1-19-6-5-11(22)7-10(19)3-4-12-16-13-8-14(13)18(23)20(16,2)9-15(21)17(12)19;1-19-7-5-12(21)9-11(19)3-4-13-16(19)6-8-20(2)17(13)14-10-15(14)18(20)22/h7,12-17H,3-6,8-9H2,1-2H3;6,9,13-15,17H,3-5,7-8,10H2,1-2H3/t12?,13-,14+,15+,16?,17?,19+,20+;13?,14-,15+,17?,19+,20+/m11/s1. The van der Waals surface area contributed by atoms with Crippen LogP contribution in [0.1, 0.15) is 105 Å². The summed E-state index contributed by atoms with van der Waals surface area (Å²) in [5, 5.41) is 0. The van der Waals surface area contributed by atoms with Gasteiger partial charge in [0, 0.05) is 46.8 Å². The van der Waals surface area contributed by atoms with Gasteiger partial charge in [0.2, 0.25) is 0 Å².